The number of aromatic nitrogens is 1. The van der Waals surface area contributed by atoms with E-state index in [2.05, 4.69) is 4.98 Å². The minimum absolute atomic E-state index is 0.000718. The number of alkyl halides is 3. The molecule has 1 fully saturated rings. The smallest absolute Gasteiger partial charge is 0.245 e. The van der Waals surface area contributed by atoms with Crippen molar-refractivity contribution in [2.24, 2.45) is 0 Å². The Morgan fingerprint density at radius 2 is 2.05 bits per heavy atom. The van der Waals surface area contributed by atoms with Crippen molar-refractivity contribution in [1.29, 1.82) is 10.5 Å². The zero-order valence-electron chi connectivity index (χ0n) is 9.66. The van der Waals surface area contributed by atoms with Crippen molar-refractivity contribution in [1.82, 2.24) is 4.98 Å². The van der Waals surface area contributed by atoms with E-state index >= 15 is 0 Å². The van der Waals surface area contributed by atoms with Crippen LogP contribution in [0.4, 0.5) is 13.2 Å². The molecule has 0 unspecified atom stereocenters. The molecule has 0 aliphatic heterocycles. The predicted molar refractivity (Wildman–Crippen MR) is 62.3 cm³/mol. The first kappa shape index (κ1) is 13.7. The van der Waals surface area contributed by atoms with Gasteiger partial charge in [-0.2, -0.15) is 23.7 Å². The molecule has 1 heterocycles. The Balaban J connectivity index is 2.54. The molecule has 0 aromatic carbocycles. The Labute approximate surface area is 112 Å². The van der Waals surface area contributed by atoms with Gasteiger partial charge in [-0.15, -0.1) is 0 Å². The summed E-state index contributed by atoms with van der Waals surface area (Å²) in [6.07, 6.45) is -2.95. The van der Waals surface area contributed by atoms with Crippen LogP contribution in [-0.2, 0) is 6.18 Å². The molecule has 0 atom stereocenters. The van der Waals surface area contributed by atoms with Crippen LogP contribution < -0.4 is 0 Å². The Bertz CT molecular complexity index is 580. The lowest BCUT2D eigenvalue weighted by molar-refractivity contribution is -0.138. The molecule has 1 aliphatic carbocycles. The van der Waals surface area contributed by atoms with E-state index in [1.807, 2.05) is 6.07 Å². The van der Waals surface area contributed by atoms with Gasteiger partial charge in [0.15, 0.2) is 0 Å². The highest BCUT2D eigenvalue weighted by Crippen LogP contribution is 2.43. The Morgan fingerprint density at radius 1 is 1.37 bits per heavy atom. The van der Waals surface area contributed by atoms with E-state index in [4.69, 9.17) is 10.5 Å². The normalized spacial score (nSPS) is 14.8. The van der Waals surface area contributed by atoms with Crippen LogP contribution in [0.5, 0.6) is 0 Å². The largest absolute Gasteiger partial charge is 0.417 e. The van der Waals surface area contributed by atoms with Crippen molar-refractivity contribution in [2.75, 3.05) is 5.75 Å². The summed E-state index contributed by atoms with van der Waals surface area (Å²) < 4.78 is 38.8. The molecule has 0 N–H and O–H groups in total. The summed E-state index contributed by atoms with van der Waals surface area (Å²) in [5, 5.41) is 17.4. The molecule has 1 aromatic heterocycles. The summed E-state index contributed by atoms with van der Waals surface area (Å²) in [6, 6.07) is 4.34. The number of halogens is 3. The van der Waals surface area contributed by atoms with E-state index in [0.717, 1.165) is 30.7 Å². The number of nitriles is 2. The minimum Gasteiger partial charge on any atom is -0.245 e. The van der Waals surface area contributed by atoms with E-state index < -0.39 is 17.3 Å². The molecular weight excluding hydrogens is 275 g/mol. The number of hydrogen-bond acceptors (Lipinski definition) is 4. The molecule has 19 heavy (non-hydrogen) atoms. The first-order valence-electron chi connectivity index (χ1n) is 5.49. The molecule has 0 amide bonds. The standard InChI is InChI=1S/C12H8F3N3S/c13-12(14,15)9-5-10(7-1-2-7)18-11(8(9)6-17)19-4-3-16/h5,7H,1-2,4H2. The topological polar surface area (TPSA) is 60.5 Å². The summed E-state index contributed by atoms with van der Waals surface area (Å²) >= 11 is 0.867. The lowest BCUT2D eigenvalue weighted by Crippen LogP contribution is -2.11. The molecular formula is C12H8F3N3S. The number of pyridine rings is 1. The highest BCUT2D eigenvalue weighted by atomic mass is 32.2. The summed E-state index contributed by atoms with van der Waals surface area (Å²) in [5.74, 6) is 0.0166. The van der Waals surface area contributed by atoms with Crippen LogP contribution in [0.1, 0.15) is 35.6 Å². The maximum absolute atomic E-state index is 12.9. The molecule has 0 saturated heterocycles. The van der Waals surface area contributed by atoms with Crippen LogP contribution >= 0.6 is 11.8 Å². The number of hydrogen-bond donors (Lipinski definition) is 0. The van der Waals surface area contributed by atoms with E-state index in [9.17, 15) is 13.2 Å². The minimum atomic E-state index is -4.58. The molecule has 98 valence electrons. The fraction of sp³-hybridized carbons (Fsp3) is 0.417. The van der Waals surface area contributed by atoms with Gasteiger partial charge in [0, 0.05) is 11.6 Å². The van der Waals surface area contributed by atoms with Gasteiger partial charge in [0.25, 0.3) is 0 Å². The number of rotatable bonds is 3. The monoisotopic (exact) mass is 283 g/mol. The van der Waals surface area contributed by atoms with E-state index in [0.29, 0.717) is 5.69 Å². The second kappa shape index (κ2) is 5.10. The fourth-order valence-corrected chi connectivity index (χ4v) is 2.34. The second-order valence-electron chi connectivity index (χ2n) is 4.11. The molecule has 1 aliphatic rings. The SMILES string of the molecule is N#CCSc1nc(C2CC2)cc(C(F)(F)F)c1C#N. The lowest BCUT2D eigenvalue weighted by atomic mass is 10.1. The lowest BCUT2D eigenvalue weighted by Gasteiger charge is -2.13. The third kappa shape index (κ3) is 2.99. The maximum atomic E-state index is 12.9. The van der Waals surface area contributed by atoms with Gasteiger partial charge in [0.05, 0.1) is 22.9 Å². The second-order valence-corrected chi connectivity index (χ2v) is 5.07. The molecule has 0 spiro atoms. The Morgan fingerprint density at radius 3 is 2.53 bits per heavy atom. The first-order chi connectivity index (χ1) is 8.97. The predicted octanol–water partition coefficient (Wildman–Crippen LogP) is 3.47. The first-order valence-corrected chi connectivity index (χ1v) is 6.48. The van der Waals surface area contributed by atoms with Crippen molar-refractivity contribution in [3.8, 4) is 12.1 Å². The van der Waals surface area contributed by atoms with Crippen LogP contribution in [0, 0.1) is 22.7 Å². The van der Waals surface area contributed by atoms with E-state index in [1.165, 1.54) is 0 Å². The number of thioether (sulfide) groups is 1. The van der Waals surface area contributed by atoms with Crippen LogP contribution in [0.15, 0.2) is 11.1 Å². The number of nitrogens with zero attached hydrogens (tertiary/aromatic N) is 3. The Kier molecular flexibility index (Phi) is 3.68. The van der Waals surface area contributed by atoms with Crippen LogP contribution in [0.25, 0.3) is 0 Å². The quantitative estimate of drug-likeness (QED) is 0.797. The summed E-state index contributed by atoms with van der Waals surface area (Å²) in [7, 11) is 0. The van der Waals surface area contributed by atoms with Gasteiger partial charge in [0.2, 0.25) is 0 Å². The summed E-state index contributed by atoms with van der Waals surface area (Å²) in [5.41, 5.74) is -1.07. The highest BCUT2D eigenvalue weighted by molar-refractivity contribution is 7.99. The van der Waals surface area contributed by atoms with Crippen molar-refractivity contribution in [3.05, 3.63) is 22.9 Å². The fourth-order valence-electron chi connectivity index (χ4n) is 1.67. The van der Waals surface area contributed by atoms with Gasteiger partial charge in [-0.05, 0) is 18.9 Å². The summed E-state index contributed by atoms with van der Waals surface area (Å²) in [6.45, 7) is 0. The van der Waals surface area contributed by atoms with Crippen molar-refractivity contribution in [2.45, 2.75) is 30.0 Å². The van der Waals surface area contributed by atoms with Crippen LogP contribution in [0.3, 0.4) is 0 Å². The van der Waals surface area contributed by atoms with Gasteiger partial charge in [-0.3, -0.25) is 0 Å². The molecule has 0 radical (unpaired) electrons. The zero-order chi connectivity index (χ0) is 14.0. The molecule has 3 nitrogen and oxygen atoms in total. The highest BCUT2D eigenvalue weighted by Gasteiger charge is 2.37. The van der Waals surface area contributed by atoms with E-state index in [-0.39, 0.29) is 16.7 Å². The van der Waals surface area contributed by atoms with Gasteiger partial charge in [0.1, 0.15) is 11.1 Å². The summed E-state index contributed by atoms with van der Waals surface area (Å²) in [4.78, 5) is 4.11. The molecule has 0 bridgehead atoms. The Hall–Kier alpha value is -1.73. The maximum Gasteiger partial charge on any atom is 0.417 e. The van der Waals surface area contributed by atoms with Crippen LogP contribution in [-0.4, -0.2) is 10.7 Å². The van der Waals surface area contributed by atoms with Crippen molar-refractivity contribution < 1.29 is 13.2 Å². The third-order valence-corrected chi connectivity index (χ3v) is 3.53. The zero-order valence-corrected chi connectivity index (χ0v) is 10.5. The third-order valence-electron chi connectivity index (χ3n) is 2.69. The van der Waals surface area contributed by atoms with Crippen LogP contribution in [0.2, 0.25) is 0 Å². The van der Waals surface area contributed by atoms with Crippen molar-refractivity contribution >= 4 is 11.8 Å². The molecule has 1 saturated carbocycles. The molecule has 1 aromatic rings. The average Bonchev–Trinajstić information content (AvgIpc) is 3.18. The average molecular weight is 283 g/mol. The molecule has 7 heteroatoms. The van der Waals surface area contributed by atoms with Crippen molar-refractivity contribution in [3.63, 3.8) is 0 Å². The molecule has 2 rings (SSSR count). The van der Waals surface area contributed by atoms with Gasteiger partial charge < -0.3 is 0 Å². The van der Waals surface area contributed by atoms with Gasteiger partial charge in [-0.1, -0.05) is 11.8 Å². The van der Waals surface area contributed by atoms with E-state index in [1.54, 1.807) is 6.07 Å². The van der Waals surface area contributed by atoms with Gasteiger partial charge >= 0.3 is 6.18 Å². The van der Waals surface area contributed by atoms with Gasteiger partial charge in [-0.25, -0.2) is 4.98 Å².